The summed E-state index contributed by atoms with van der Waals surface area (Å²) in [4.78, 5) is 14.6. The van der Waals surface area contributed by atoms with Crippen molar-refractivity contribution in [2.75, 3.05) is 19.6 Å². The number of nitrogens with two attached hydrogens (primary N) is 1. The first-order valence-electron chi connectivity index (χ1n) is 7.80. The Hall–Kier alpha value is -0.570. The molecule has 0 radical (unpaired) electrons. The molecule has 0 aromatic heterocycles. The molecule has 2 rings (SSSR count). The number of hydrogen-bond donors (Lipinski definition) is 1. The Morgan fingerprint density at radius 2 is 1.50 bits per heavy atom. The van der Waals surface area contributed by atoms with Gasteiger partial charge >= 0.3 is 0 Å². The SMILES string of the molecule is NCC1CCN(C(=O)C2CCCCCCC2)CC1. The number of likely N-dealkylation sites (tertiary alicyclic amines) is 1. The van der Waals surface area contributed by atoms with Gasteiger partial charge in [-0.05, 0) is 38.1 Å². The summed E-state index contributed by atoms with van der Waals surface area (Å²) < 4.78 is 0. The number of rotatable bonds is 2. The van der Waals surface area contributed by atoms with Crippen LogP contribution in [-0.2, 0) is 4.79 Å². The molecule has 2 aliphatic rings. The van der Waals surface area contributed by atoms with Crippen molar-refractivity contribution in [1.82, 2.24) is 4.90 Å². The molecule has 2 fully saturated rings. The third kappa shape index (κ3) is 3.71. The molecule has 1 heterocycles. The number of nitrogens with zero attached hydrogens (tertiary/aromatic N) is 1. The topological polar surface area (TPSA) is 46.3 Å². The Balaban J connectivity index is 1.82. The molecular formula is C15H28N2O. The minimum absolute atomic E-state index is 0.319. The highest BCUT2D eigenvalue weighted by Crippen LogP contribution is 2.26. The van der Waals surface area contributed by atoms with Gasteiger partial charge in [-0.1, -0.05) is 32.1 Å². The lowest BCUT2D eigenvalue weighted by molar-refractivity contribution is -0.137. The average Bonchev–Trinajstić information content (AvgIpc) is 2.38. The standard InChI is InChI=1S/C15H28N2O/c16-12-13-8-10-17(11-9-13)15(18)14-6-4-2-1-3-5-7-14/h13-14H,1-12,16H2. The van der Waals surface area contributed by atoms with Gasteiger partial charge in [0, 0.05) is 19.0 Å². The number of hydrogen-bond acceptors (Lipinski definition) is 2. The van der Waals surface area contributed by atoms with E-state index in [2.05, 4.69) is 4.90 Å². The summed E-state index contributed by atoms with van der Waals surface area (Å²) in [6.07, 6.45) is 10.9. The Bertz CT molecular complexity index is 251. The largest absolute Gasteiger partial charge is 0.342 e. The van der Waals surface area contributed by atoms with E-state index in [1.807, 2.05) is 0 Å². The summed E-state index contributed by atoms with van der Waals surface area (Å²) in [6, 6.07) is 0. The van der Waals surface area contributed by atoms with Crippen molar-refractivity contribution in [3.8, 4) is 0 Å². The molecule has 104 valence electrons. The summed E-state index contributed by atoms with van der Waals surface area (Å²) in [5.74, 6) is 1.40. The Morgan fingerprint density at radius 3 is 2.06 bits per heavy atom. The molecule has 1 saturated carbocycles. The first kappa shape index (κ1) is 13.9. The first-order chi connectivity index (χ1) is 8.81. The molecule has 0 aromatic rings. The van der Waals surface area contributed by atoms with E-state index in [-0.39, 0.29) is 0 Å². The second-order valence-corrected chi connectivity index (χ2v) is 6.05. The highest BCUT2D eigenvalue weighted by molar-refractivity contribution is 5.78. The predicted molar refractivity (Wildman–Crippen MR) is 74.2 cm³/mol. The molecule has 0 atom stereocenters. The normalized spacial score (nSPS) is 24.6. The third-order valence-electron chi connectivity index (χ3n) is 4.71. The number of piperidine rings is 1. The van der Waals surface area contributed by atoms with Crippen LogP contribution in [0.1, 0.15) is 57.8 Å². The van der Waals surface area contributed by atoms with Crippen molar-refractivity contribution in [3.05, 3.63) is 0 Å². The smallest absolute Gasteiger partial charge is 0.225 e. The zero-order chi connectivity index (χ0) is 12.8. The maximum atomic E-state index is 12.5. The molecule has 3 heteroatoms. The van der Waals surface area contributed by atoms with Gasteiger partial charge in [-0.2, -0.15) is 0 Å². The third-order valence-corrected chi connectivity index (χ3v) is 4.71. The van der Waals surface area contributed by atoms with E-state index in [4.69, 9.17) is 5.73 Å². The van der Waals surface area contributed by atoms with E-state index in [9.17, 15) is 4.79 Å². The van der Waals surface area contributed by atoms with Gasteiger partial charge in [0.2, 0.25) is 5.91 Å². The van der Waals surface area contributed by atoms with Crippen LogP contribution in [0.5, 0.6) is 0 Å². The van der Waals surface area contributed by atoms with Gasteiger partial charge in [-0.25, -0.2) is 0 Å². The molecular weight excluding hydrogens is 224 g/mol. The van der Waals surface area contributed by atoms with Crippen LogP contribution >= 0.6 is 0 Å². The van der Waals surface area contributed by atoms with Crippen molar-refractivity contribution in [1.29, 1.82) is 0 Å². The highest BCUT2D eigenvalue weighted by Gasteiger charge is 2.27. The molecule has 0 spiro atoms. The van der Waals surface area contributed by atoms with Crippen LogP contribution in [0.2, 0.25) is 0 Å². The minimum atomic E-state index is 0.319. The van der Waals surface area contributed by atoms with Crippen molar-refractivity contribution in [2.45, 2.75) is 57.8 Å². The zero-order valence-corrected chi connectivity index (χ0v) is 11.6. The lowest BCUT2D eigenvalue weighted by Gasteiger charge is -2.34. The summed E-state index contributed by atoms with van der Waals surface area (Å²) in [5.41, 5.74) is 5.70. The Kier molecular flexibility index (Phi) is 5.48. The summed E-state index contributed by atoms with van der Waals surface area (Å²) in [5, 5.41) is 0. The number of carbonyl (C=O) groups is 1. The van der Waals surface area contributed by atoms with Crippen molar-refractivity contribution in [2.24, 2.45) is 17.6 Å². The molecule has 1 aliphatic heterocycles. The maximum absolute atomic E-state index is 12.5. The minimum Gasteiger partial charge on any atom is -0.342 e. The molecule has 1 aliphatic carbocycles. The molecule has 1 amide bonds. The fourth-order valence-corrected chi connectivity index (χ4v) is 3.35. The van der Waals surface area contributed by atoms with Crippen molar-refractivity contribution in [3.63, 3.8) is 0 Å². The van der Waals surface area contributed by atoms with Crippen LogP contribution < -0.4 is 5.73 Å². The van der Waals surface area contributed by atoms with Crippen molar-refractivity contribution >= 4 is 5.91 Å². The van der Waals surface area contributed by atoms with E-state index in [1.165, 1.54) is 32.1 Å². The first-order valence-corrected chi connectivity index (χ1v) is 7.80. The predicted octanol–water partition coefficient (Wildman–Crippen LogP) is 2.54. The molecule has 2 N–H and O–H groups in total. The van der Waals surface area contributed by atoms with Gasteiger partial charge in [-0.15, -0.1) is 0 Å². The molecule has 3 nitrogen and oxygen atoms in total. The second-order valence-electron chi connectivity index (χ2n) is 6.05. The van der Waals surface area contributed by atoms with Gasteiger partial charge in [0.25, 0.3) is 0 Å². The van der Waals surface area contributed by atoms with E-state index in [0.717, 1.165) is 45.3 Å². The quantitative estimate of drug-likeness (QED) is 0.821. The van der Waals surface area contributed by atoms with E-state index in [0.29, 0.717) is 17.7 Å². The lowest BCUT2D eigenvalue weighted by atomic mass is 9.89. The fraction of sp³-hybridized carbons (Fsp3) is 0.933. The number of amides is 1. The van der Waals surface area contributed by atoms with Gasteiger partial charge in [0.05, 0.1) is 0 Å². The number of carbonyl (C=O) groups excluding carboxylic acids is 1. The fourth-order valence-electron chi connectivity index (χ4n) is 3.35. The lowest BCUT2D eigenvalue weighted by Crippen LogP contribution is -2.43. The van der Waals surface area contributed by atoms with Gasteiger partial charge < -0.3 is 10.6 Å². The summed E-state index contributed by atoms with van der Waals surface area (Å²) in [6.45, 7) is 2.67. The van der Waals surface area contributed by atoms with Crippen molar-refractivity contribution < 1.29 is 4.79 Å². The van der Waals surface area contributed by atoms with Gasteiger partial charge in [0.1, 0.15) is 0 Å². The Labute approximate surface area is 111 Å². The van der Waals surface area contributed by atoms with Crippen LogP contribution in [0.3, 0.4) is 0 Å². The summed E-state index contributed by atoms with van der Waals surface area (Å²) in [7, 11) is 0. The highest BCUT2D eigenvalue weighted by atomic mass is 16.2. The molecule has 18 heavy (non-hydrogen) atoms. The van der Waals surface area contributed by atoms with Gasteiger partial charge in [0.15, 0.2) is 0 Å². The molecule has 0 unspecified atom stereocenters. The van der Waals surface area contributed by atoms with Crippen LogP contribution in [0.15, 0.2) is 0 Å². The molecule has 0 bridgehead atoms. The van der Waals surface area contributed by atoms with Crippen LogP contribution in [-0.4, -0.2) is 30.4 Å². The van der Waals surface area contributed by atoms with Crippen LogP contribution in [0.25, 0.3) is 0 Å². The van der Waals surface area contributed by atoms with Gasteiger partial charge in [-0.3, -0.25) is 4.79 Å². The van der Waals surface area contributed by atoms with E-state index >= 15 is 0 Å². The second kappa shape index (κ2) is 7.13. The zero-order valence-electron chi connectivity index (χ0n) is 11.6. The van der Waals surface area contributed by atoms with Crippen LogP contribution in [0, 0.1) is 11.8 Å². The van der Waals surface area contributed by atoms with E-state index in [1.54, 1.807) is 0 Å². The summed E-state index contributed by atoms with van der Waals surface area (Å²) >= 11 is 0. The molecule has 1 saturated heterocycles. The van der Waals surface area contributed by atoms with Crippen LogP contribution in [0.4, 0.5) is 0 Å². The molecule has 0 aromatic carbocycles. The monoisotopic (exact) mass is 252 g/mol. The average molecular weight is 252 g/mol. The Morgan fingerprint density at radius 1 is 0.944 bits per heavy atom. The van der Waals surface area contributed by atoms with E-state index < -0.39 is 0 Å². The maximum Gasteiger partial charge on any atom is 0.225 e.